The fraction of sp³-hybridized carbons (Fsp3) is 0.500. The van der Waals surface area contributed by atoms with Crippen LogP contribution in [0.15, 0.2) is 18.2 Å². The fourth-order valence-electron chi connectivity index (χ4n) is 1.37. The second-order valence-corrected chi connectivity index (χ2v) is 3.76. The van der Waals surface area contributed by atoms with Crippen LogP contribution in [0.4, 0.5) is 0 Å². The van der Waals surface area contributed by atoms with E-state index in [1.165, 1.54) is 0 Å². The minimum Gasteiger partial charge on any atom is -0.497 e. The molecule has 3 nitrogen and oxygen atoms in total. The second kappa shape index (κ2) is 6.61. The highest BCUT2D eigenvalue weighted by Gasteiger charge is 2.09. The van der Waals surface area contributed by atoms with Gasteiger partial charge in [0.05, 0.1) is 19.6 Å². The van der Waals surface area contributed by atoms with Gasteiger partial charge in [-0.2, -0.15) is 0 Å². The van der Waals surface area contributed by atoms with Crippen molar-refractivity contribution in [2.24, 2.45) is 0 Å². The summed E-state index contributed by atoms with van der Waals surface area (Å²) in [6.07, 6.45) is -0.0147. The van der Waals surface area contributed by atoms with Crippen molar-refractivity contribution in [3.8, 4) is 11.5 Å². The number of halogens is 1. The smallest absolute Gasteiger partial charge is 0.127 e. The van der Waals surface area contributed by atoms with E-state index in [9.17, 15) is 0 Å². The molecule has 1 aromatic carbocycles. The van der Waals surface area contributed by atoms with Gasteiger partial charge in [-0.05, 0) is 13.0 Å². The van der Waals surface area contributed by atoms with Crippen molar-refractivity contribution in [1.82, 2.24) is 0 Å². The molecule has 0 aliphatic carbocycles. The van der Waals surface area contributed by atoms with E-state index in [0.717, 1.165) is 17.1 Å². The van der Waals surface area contributed by atoms with Gasteiger partial charge >= 0.3 is 0 Å². The van der Waals surface area contributed by atoms with Gasteiger partial charge in [0, 0.05) is 18.7 Å². The van der Waals surface area contributed by atoms with Crippen LogP contribution in [0.1, 0.15) is 12.5 Å². The summed E-state index contributed by atoms with van der Waals surface area (Å²) in [6, 6.07) is 5.61. The SMILES string of the molecule is COCC(C)Oc1cc(OC)ccc1CCl. The number of hydrogen-bond donors (Lipinski definition) is 0. The Morgan fingerprint density at radius 2 is 2.06 bits per heavy atom. The molecule has 0 saturated carbocycles. The van der Waals surface area contributed by atoms with Crippen molar-refractivity contribution < 1.29 is 14.2 Å². The highest BCUT2D eigenvalue weighted by Crippen LogP contribution is 2.27. The Morgan fingerprint density at radius 3 is 2.62 bits per heavy atom. The zero-order valence-corrected chi connectivity index (χ0v) is 10.6. The van der Waals surface area contributed by atoms with Crippen LogP contribution >= 0.6 is 11.6 Å². The molecular formula is C12H17ClO3. The molecule has 90 valence electrons. The van der Waals surface area contributed by atoms with Crippen LogP contribution in [0, 0.1) is 0 Å². The molecule has 0 heterocycles. The van der Waals surface area contributed by atoms with E-state index in [4.69, 9.17) is 25.8 Å². The summed E-state index contributed by atoms with van der Waals surface area (Å²) < 4.78 is 15.9. The Bertz CT molecular complexity index is 328. The van der Waals surface area contributed by atoms with Gasteiger partial charge in [-0.3, -0.25) is 0 Å². The van der Waals surface area contributed by atoms with Gasteiger partial charge in [-0.15, -0.1) is 11.6 Å². The Balaban J connectivity index is 2.82. The lowest BCUT2D eigenvalue weighted by molar-refractivity contribution is 0.0914. The van der Waals surface area contributed by atoms with Crippen LogP contribution in [0.5, 0.6) is 11.5 Å². The van der Waals surface area contributed by atoms with Crippen LogP contribution in [-0.2, 0) is 10.6 Å². The summed E-state index contributed by atoms with van der Waals surface area (Å²) in [7, 11) is 3.27. The number of methoxy groups -OCH3 is 2. The first-order valence-corrected chi connectivity index (χ1v) is 5.63. The van der Waals surface area contributed by atoms with Gasteiger partial charge in [0.15, 0.2) is 0 Å². The van der Waals surface area contributed by atoms with Crippen molar-refractivity contribution in [1.29, 1.82) is 0 Å². The lowest BCUT2D eigenvalue weighted by Crippen LogP contribution is -2.18. The van der Waals surface area contributed by atoms with E-state index in [1.807, 2.05) is 25.1 Å². The van der Waals surface area contributed by atoms with Crippen LogP contribution in [0.3, 0.4) is 0 Å². The van der Waals surface area contributed by atoms with Gasteiger partial charge in [-0.25, -0.2) is 0 Å². The Kier molecular flexibility index (Phi) is 5.43. The Labute approximate surface area is 101 Å². The molecule has 0 saturated heterocycles. The number of ether oxygens (including phenoxy) is 3. The van der Waals surface area contributed by atoms with Crippen LogP contribution < -0.4 is 9.47 Å². The van der Waals surface area contributed by atoms with Gasteiger partial charge in [0.2, 0.25) is 0 Å². The summed E-state index contributed by atoms with van der Waals surface area (Å²) in [5, 5.41) is 0. The van der Waals surface area contributed by atoms with Crippen LogP contribution in [0.25, 0.3) is 0 Å². The van der Waals surface area contributed by atoms with Crippen molar-refractivity contribution in [3.05, 3.63) is 23.8 Å². The standard InChI is InChI=1S/C12H17ClO3/c1-9(8-14-2)16-12-6-11(15-3)5-4-10(12)7-13/h4-6,9H,7-8H2,1-3H3. The van der Waals surface area contributed by atoms with Crippen molar-refractivity contribution in [2.75, 3.05) is 20.8 Å². The molecular weight excluding hydrogens is 228 g/mol. The Morgan fingerprint density at radius 1 is 1.31 bits per heavy atom. The highest BCUT2D eigenvalue weighted by molar-refractivity contribution is 6.17. The number of alkyl halides is 1. The van der Waals surface area contributed by atoms with Gasteiger partial charge in [0.1, 0.15) is 17.6 Å². The van der Waals surface area contributed by atoms with Crippen molar-refractivity contribution >= 4 is 11.6 Å². The molecule has 0 fully saturated rings. The largest absolute Gasteiger partial charge is 0.497 e. The fourth-order valence-corrected chi connectivity index (χ4v) is 1.59. The maximum atomic E-state index is 5.84. The summed E-state index contributed by atoms with van der Waals surface area (Å²) in [5.74, 6) is 1.92. The predicted octanol–water partition coefficient (Wildman–Crippen LogP) is 2.85. The average molecular weight is 245 g/mol. The first-order chi connectivity index (χ1) is 7.71. The molecule has 1 atom stereocenters. The molecule has 0 aliphatic rings. The maximum Gasteiger partial charge on any atom is 0.127 e. The molecule has 1 rings (SSSR count). The third kappa shape index (κ3) is 3.58. The third-order valence-corrected chi connectivity index (χ3v) is 2.44. The molecule has 0 aliphatic heterocycles. The zero-order valence-electron chi connectivity index (χ0n) is 9.83. The number of rotatable bonds is 6. The zero-order chi connectivity index (χ0) is 12.0. The summed E-state index contributed by atoms with van der Waals surface area (Å²) in [4.78, 5) is 0. The molecule has 0 spiro atoms. The topological polar surface area (TPSA) is 27.7 Å². The molecule has 1 unspecified atom stereocenters. The van der Waals surface area contributed by atoms with Gasteiger partial charge in [0.25, 0.3) is 0 Å². The van der Waals surface area contributed by atoms with Crippen molar-refractivity contribution in [3.63, 3.8) is 0 Å². The molecule has 1 aromatic rings. The third-order valence-electron chi connectivity index (χ3n) is 2.15. The second-order valence-electron chi connectivity index (χ2n) is 3.49. The molecule has 0 amide bonds. The average Bonchev–Trinajstić information content (AvgIpc) is 2.29. The summed E-state index contributed by atoms with van der Waals surface area (Å²) in [5.41, 5.74) is 0.949. The minimum atomic E-state index is -0.0147. The van der Waals surface area contributed by atoms with Gasteiger partial charge in [-0.1, -0.05) is 6.07 Å². The van der Waals surface area contributed by atoms with E-state index in [2.05, 4.69) is 0 Å². The summed E-state index contributed by atoms with van der Waals surface area (Å²) in [6.45, 7) is 2.49. The van der Waals surface area contributed by atoms with E-state index < -0.39 is 0 Å². The van der Waals surface area contributed by atoms with Crippen LogP contribution in [-0.4, -0.2) is 26.9 Å². The lowest BCUT2D eigenvalue weighted by Gasteiger charge is -2.16. The first kappa shape index (κ1) is 13.1. The molecule has 0 radical (unpaired) electrons. The number of benzene rings is 1. The van der Waals surface area contributed by atoms with Gasteiger partial charge < -0.3 is 14.2 Å². The van der Waals surface area contributed by atoms with E-state index in [-0.39, 0.29) is 6.10 Å². The molecule has 16 heavy (non-hydrogen) atoms. The molecule has 0 aromatic heterocycles. The first-order valence-electron chi connectivity index (χ1n) is 5.09. The number of hydrogen-bond acceptors (Lipinski definition) is 3. The molecule has 4 heteroatoms. The highest BCUT2D eigenvalue weighted by atomic mass is 35.5. The monoisotopic (exact) mass is 244 g/mol. The molecule has 0 N–H and O–H groups in total. The van der Waals surface area contributed by atoms with Crippen molar-refractivity contribution in [2.45, 2.75) is 18.9 Å². The predicted molar refractivity (Wildman–Crippen MR) is 64.5 cm³/mol. The molecule has 0 bridgehead atoms. The van der Waals surface area contributed by atoms with E-state index >= 15 is 0 Å². The van der Waals surface area contributed by atoms with E-state index in [0.29, 0.717) is 12.5 Å². The maximum absolute atomic E-state index is 5.84. The minimum absolute atomic E-state index is 0.0147. The summed E-state index contributed by atoms with van der Waals surface area (Å²) >= 11 is 5.84. The van der Waals surface area contributed by atoms with Crippen LogP contribution in [0.2, 0.25) is 0 Å². The quantitative estimate of drug-likeness (QED) is 0.721. The Hall–Kier alpha value is -0.930. The normalized spacial score (nSPS) is 12.2. The van der Waals surface area contributed by atoms with E-state index in [1.54, 1.807) is 14.2 Å². The lowest BCUT2D eigenvalue weighted by atomic mass is 10.2.